The van der Waals surface area contributed by atoms with E-state index >= 15 is 0 Å². The summed E-state index contributed by atoms with van der Waals surface area (Å²) in [6.07, 6.45) is 17.1. The van der Waals surface area contributed by atoms with E-state index in [2.05, 4.69) is 25.1 Å². The van der Waals surface area contributed by atoms with Gasteiger partial charge in [-0.3, -0.25) is 9.59 Å². The van der Waals surface area contributed by atoms with Crippen LogP contribution >= 0.6 is 0 Å². The summed E-state index contributed by atoms with van der Waals surface area (Å²) in [6.45, 7) is 0. The maximum absolute atomic E-state index is 11.1. The van der Waals surface area contributed by atoms with Crippen LogP contribution in [-0.2, 0) is 9.59 Å². The molecule has 0 aliphatic heterocycles. The second-order valence-electron chi connectivity index (χ2n) is 10.8. The molecule has 3 rings (SSSR count). The van der Waals surface area contributed by atoms with Crippen molar-refractivity contribution in [3.63, 3.8) is 0 Å². The molecule has 5 heteroatoms. The van der Waals surface area contributed by atoms with Gasteiger partial charge in [-0.2, -0.15) is 0 Å². The van der Waals surface area contributed by atoms with Gasteiger partial charge in [0.05, 0.1) is 0 Å². The van der Waals surface area contributed by atoms with E-state index in [-0.39, 0.29) is 0 Å². The van der Waals surface area contributed by atoms with Crippen molar-refractivity contribution in [3.05, 3.63) is 11.6 Å². The summed E-state index contributed by atoms with van der Waals surface area (Å²) in [7, 11) is 4.38. The first-order valence-corrected chi connectivity index (χ1v) is 12.6. The molecule has 3 aliphatic carbocycles. The molecule has 0 radical (unpaired) electrons. The van der Waals surface area contributed by atoms with Gasteiger partial charge in [0, 0.05) is 18.9 Å². The Morgan fingerprint density at radius 1 is 0.710 bits per heavy atom. The first-order valence-electron chi connectivity index (χ1n) is 12.6. The second kappa shape index (κ2) is 11.5. The zero-order valence-corrected chi connectivity index (χ0v) is 19.6. The van der Waals surface area contributed by atoms with Crippen molar-refractivity contribution in [1.82, 2.24) is 4.90 Å². The van der Waals surface area contributed by atoms with Crippen LogP contribution in [0.4, 0.5) is 0 Å². The topological polar surface area (TPSA) is 77.8 Å². The van der Waals surface area contributed by atoms with Gasteiger partial charge in [-0.1, -0.05) is 11.6 Å². The van der Waals surface area contributed by atoms with E-state index in [0.29, 0.717) is 48.5 Å². The predicted octanol–water partition coefficient (Wildman–Crippen LogP) is 5.60. The maximum atomic E-state index is 11.1. The second-order valence-corrected chi connectivity index (χ2v) is 10.8. The number of carboxylic acids is 2. The summed E-state index contributed by atoms with van der Waals surface area (Å²) in [4.78, 5) is 24.6. The lowest BCUT2D eigenvalue weighted by Gasteiger charge is -2.38. The Kier molecular flexibility index (Phi) is 9.00. The van der Waals surface area contributed by atoms with Gasteiger partial charge in [0.15, 0.2) is 0 Å². The molecule has 3 fully saturated rings. The molecule has 0 spiro atoms. The zero-order chi connectivity index (χ0) is 22.4. The third-order valence-electron chi connectivity index (χ3n) is 8.46. The lowest BCUT2D eigenvalue weighted by molar-refractivity contribution is -0.139. The minimum atomic E-state index is -0.659. The average Bonchev–Trinajstić information content (AvgIpc) is 2.73. The highest BCUT2D eigenvalue weighted by Crippen LogP contribution is 2.44. The van der Waals surface area contributed by atoms with Gasteiger partial charge < -0.3 is 15.1 Å². The fraction of sp³-hybridized carbons (Fsp3) is 0.846. The molecule has 0 atom stereocenters. The SMILES string of the molecule is CN(C)C1CCC(C=C(C2CCC(CC(=O)O)CC2)C2CCC(CC(=O)O)CC2)CC1. The predicted molar refractivity (Wildman–Crippen MR) is 123 cm³/mol. The molecule has 5 nitrogen and oxygen atoms in total. The number of allylic oxidation sites excluding steroid dienone is 2. The Hall–Kier alpha value is -1.36. The van der Waals surface area contributed by atoms with Crippen LogP contribution in [0, 0.1) is 29.6 Å². The Morgan fingerprint density at radius 3 is 1.48 bits per heavy atom. The zero-order valence-electron chi connectivity index (χ0n) is 19.6. The third kappa shape index (κ3) is 7.34. The highest BCUT2D eigenvalue weighted by molar-refractivity contribution is 5.67. The van der Waals surface area contributed by atoms with Crippen LogP contribution in [0.5, 0.6) is 0 Å². The van der Waals surface area contributed by atoms with Crippen LogP contribution in [0.25, 0.3) is 0 Å². The number of carbonyl (C=O) groups is 2. The van der Waals surface area contributed by atoms with E-state index in [0.717, 1.165) is 51.4 Å². The van der Waals surface area contributed by atoms with Gasteiger partial charge in [-0.15, -0.1) is 0 Å². The minimum absolute atomic E-state index is 0.320. The van der Waals surface area contributed by atoms with Gasteiger partial charge in [0.2, 0.25) is 0 Å². The molecule has 3 saturated carbocycles. The molecule has 0 aromatic rings. The van der Waals surface area contributed by atoms with Crippen molar-refractivity contribution in [2.75, 3.05) is 14.1 Å². The number of hydrogen-bond acceptors (Lipinski definition) is 3. The quantitative estimate of drug-likeness (QED) is 0.488. The molecule has 176 valence electrons. The molecular weight excluding hydrogens is 390 g/mol. The number of hydrogen-bond donors (Lipinski definition) is 2. The van der Waals surface area contributed by atoms with Crippen LogP contribution in [0.15, 0.2) is 11.6 Å². The van der Waals surface area contributed by atoms with Crippen molar-refractivity contribution < 1.29 is 19.8 Å². The van der Waals surface area contributed by atoms with Crippen LogP contribution in [0.1, 0.15) is 89.9 Å². The van der Waals surface area contributed by atoms with Gasteiger partial charge in [0.1, 0.15) is 0 Å². The van der Waals surface area contributed by atoms with Gasteiger partial charge in [0.25, 0.3) is 0 Å². The fourth-order valence-corrected chi connectivity index (χ4v) is 6.56. The summed E-state index contributed by atoms with van der Waals surface area (Å²) >= 11 is 0. The highest BCUT2D eigenvalue weighted by Gasteiger charge is 2.33. The van der Waals surface area contributed by atoms with Crippen molar-refractivity contribution in [2.24, 2.45) is 29.6 Å². The van der Waals surface area contributed by atoms with E-state index < -0.39 is 11.9 Å². The van der Waals surface area contributed by atoms with Gasteiger partial charge >= 0.3 is 11.9 Å². The molecule has 31 heavy (non-hydrogen) atoms. The van der Waals surface area contributed by atoms with Gasteiger partial charge in [-0.25, -0.2) is 0 Å². The summed E-state index contributed by atoms with van der Waals surface area (Å²) < 4.78 is 0. The van der Waals surface area contributed by atoms with Gasteiger partial charge in [-0.05, 0) is 121 Å². The third-order valence-corrected chi connectivity index (χ3v) is 8.46. The van der Waals surface area contributed by atoms with E-state index in [9.17, 15) is 9.59 Å². The lowest BCUT2D eigenvalue weighted by atomic mass is 9.68. The van der Waals surface area contributed by atoms with E-state index in [1.807, 2.05) is 0 Å². The van der Waals surface area contributed by atoms with Crippen LogP contribution < -0.4 is 0 Å². The minimum Gasteiger partial charge on any atom is -0.481 e. The normalized spacial score (nSPS) is 34.3. The van der Waals surface area contributed by atoms with Crippen LogP contribution in [0.2, 0.25) is 0 Å². The Morgan fingerprint density at radius 2 is 1.13 bits per heavy atom. The largest absolute Gasteiger partial charge is 0.481 e. The molecule has 2 N–H and O–H groups in total. The Labute approximate surface area is 188 Å². The molecule has 0 bridgehead atoms. The van der Waals surface area contributed by atoms with Crippen molar-refractivity contribution in [1.29, 1.82) is 0 Å². The van der Waals surface area contributed by atoms with E-state index in [1.165, 1.54) is 25.7 Å². The summed E-state index contributed by atoms with van der Waals surface area (Å²) in [5.74, 6) is 1.27. The molecule has 3 aliphatic rings. The summed E-state index contributed by atoms with van der Waals surface area (Å²) in [6, 6.07) is 0.714. The van der Waals surface area contributed by atoms with E-state index in [1.54, 1.807) is 5.57 Å². The van der Waals surface area contributed by atoms with Crippen LogP contribution in [-0.4, -0.2) is 47.2 Å². The van der Waals surface area contributed by atoms with Crippen LogP contribution in [0.3, 0.4) is 0 Å². The number of nitrogens with zero attached hydrogens (tertiary/aromatic N) is 1. The first kappa shape index (κ1) is 24.3. The highest BCUT2D eigenvalue weighted by atomic mass is 16.4. The Bertz CT molecular complexity index is 581. The van der Waals surface area contributed by atoms with Crippen molar-refractivity contribution >= 4 is 11.9 Å². The average molecular weight is 434 g/mol. The molecule has 0 saturated heterocycles. The Balaban J connectivity index is 1.65. The number of carboxylic acid groups (broad SMARTS) is 2. The smallest absolute Gasteiger partial charge is 0.303 e. The monoisotopic (exact) mass is 433 g/mol. The first-order chi connectivity index (χ1) is 14.8. The molecule has 0 unspecified atom stereocenters. The number of aliphatic carboxylic acids is 2. The van der Waals surface area contributed by atoms with Crippen molar-refractivity contribution in [3.8, 4) is 0 Å². The fourth-order valence-electron chi connectivity index (χ4n) is 6.56. The lowest BCUT2D eigenvalue weighted by Crippen LogP contribution is -2.32. The van der Waals surface area contributed by atoms with E-state index in [4.69, 9.17) is 10.2 Å². The molecule has 0 aromatic carbocycles. The van der Waals surface area contributed by atoms with Crippen molar-refractivity contribution in [2.45, 2.75) is 95.9 Å². The molecule has 0 heterocycles. The standard InChI is InChI=1S/C26H43NO4/c1-27(2)23-13-7-18(8-14-23)15-24(21-9-3-19(4-10-21)16-25(28)29)22-11-5-20(6-12-22)17-26(30)31/h15,18-23H,3-14,16-17H2,1-2H3,(H,28,29)(H,30,31). The summed E-state index contributed by atoms with van der Waals surface area (Å²) in [5.41, 5.74) is 1.66. The summed E-state index contributed by atoms with van der Waals surface area (Å²) in [5, 5.41) is 18.3. The maximum Gasteiger partial charge on any atom is 0.303 e. The molecule has 0 aromatic heterocycles. The number of rotatable bonds is 8. The molecule has 0 amide bonds. The molecular formula is C26H43NO4.